The van der Waals surface area contributed by atoms with Gasteiger partial charge in [0.05, 0.1) is 4.90 Å². The van der Waals surface area contributed by atoms with Crippen LogP contribution in [-0.2, 0) is 15.6 Å². The third-order valence-electron chi connectivity index (χ3n) is 1.64. The minimum atomic E-state index is -3.05. The molecule has 0 fully saturated rings. The lowest BCUT2D eigenvalue weighted by Crippen LogP contribution is -1.97. The first-order chi connectivity index (χ1) is 6.04. The Balaban J connectivity index is 3.06. The van der Waals surface area contributed by atoms with E-state index in [4.69, 9.17) is 0 Å². The van der Waals surface area contributed by atoms with E-state index in [1.807, 2.05) is 12.3 Å². The van der Waals surface area contributed by atoms with Gasteiger partial charge in [-0.05, 0) is 24.0 Å². The van der Waals surface area contributed by atoms with E-state index in [0.717, 1.165) is 11.3 Å². The number of benzene rings is 1. The number of sulfone groups is 1. The summed E-state index contributed by atoms with van der Waals surface area (Å²) < 4.78 is 22.4. The molecule has 0 heterocycles. The summed E-state index contributed by atoms with van der Waals surface area (Å²) in [6, 6.07) is 7.07. The van der Waals surface area contributed by atoms with E-state index in [1.165, 1.54) is 6.26 Å². The van der Waals surface area contributed by atoms with E-state index in [-0.39, 0.29) is 0 Å². The molecule has 0 saturated carbocycles. The molecule has 4 heteroatoms. The summed E-state index contributed by atoms with van der Waals surface area (Å²) in [6.07, 6.45) is 3.22. The predicted molar refractivity (Wildman–Crippen MR) is 56.8 cm³/mol. The molecule has 2 nitrogen and oxygen atoms in total. The van der Waals surface area contributed by atoms with Gasteiger partial charge < -0.3 is 0 Å². The molecule has 0 spiro atoms. The average molecular weight is 216 g/mol. The lowest BCUT2D eigenvalue weighted by Gasteiger charge is -2.01. The van der Waals surface area contributed by atoms with E-state index in [9.17, 15) is 8.42 Å². The fraction of sp³-hybridized carbons (Fsp3) is 0.333. The van der Waals surface area contributed by atoms with Crippen LogP contribution in [0.4, 0.5) is 0 Å². The second kappa shape index (κ2) is 4.15. The zero-order valence-corrected chi connectivity index (χ0v) is 9.28. The minimum Gasteiger partial charge on any atom is -0.224 e. The van der Waals surface area contributed by atoms with Gasteiger partial charge in [0.1, 0.15) is 0 Å². The molecule has 0 aliphatic rings. The van der Waals surface area contributed by atoms with E-state index in [2.05, 4.69) is 0 Å². The third-order valence-corrected chi connectivity index (χ3v) is 3.37. The van der Waals surface area contributed by atoms with Crippen LogP contribution in [-0.4, -0.2) is 20.9 Å². The Labute approximate surface area is 83.3 Å². The topological polar surface area (TPSA) is 34.1 Å². The lowest BCUT2D eigenvalue weighted by atomic mass is 10.2. The molecule has 13 heavy (non-hydrogen) atoms. The maximum atomic E-state index is 11.2. The van der Waals surface area contributed by atoms with Crippen LogP contribution in [0.15, 0.2) is 29.2 Å². The van der Waals surface area contributed by atoms with E-state index < -0.39 is 9.84 Å². The molecule has 0 saturated heterocycles. The van der Waals surface area contributed by atoms with Gasteiger partial charge >= 0.3 is 0 Å². The summed E-state index contributed by atoms with van der Waals surface area (Å²) in [4.78, 5) is 0.402. The summed E-state index contributed by atoms with van der Waals surface area (Å²) in [5.41, 5.74) is 1.05. The average Bonchev–Trinajstić information content (AvgIpc) is 2.04. The molecule has 0 unspecified atom stereocenters. The summed E-state index contributed by atoms with van der Waals surface area (Å²) in [5.74, 6) is 0.851. The summed E-state index contributed by atoms with van der Waals surface area (Å²) in [7, 11) is -3.05. The van der Waals surface area contributed by atoms with Gasteiger partial charge in [-0.25, -0.2) is 8.42 Å². The Morgan fingerprint density at radius 2 is 2.08 bits per heavy atom. The van der Waals surface area contributed by atoms with Crippen molar-refractivity contribution in [3.63, 3.8) is 0 Å². The first-order valence-electron chi connectivity index (χ1n) is 3.82. The van der Waals surface area contributed by atoms with Crippen LogP contribution in [0, 0.1) is 0 Å². The van der Waals surface area contributed by atoms with Crippen molar-refractivity contribution in [2.45, 2.75) is 10.6 Å². The van der Waals surface area contributed by atoms with Crippen LogP contribution in [0.5, 0.6) is 0 Å². The Morgan fingerprint density at radius 3 is 2.62 bits per heavy atom. The first kappa shape index (κ1) is 10.6. The van der Waals surface area contributed by atoms with E-state index in [1.54, 1.807) is 30.0 Å². The van der Waals surface area contributed by atoms with Gasteiger partial charge in [-0.1, -0.05) is 12.1 Å². The second-order valence-electron chi connectivity index (χ2n) is 2.85. The van der Waals surface area contributed by atoms with Crippen molar-refractivity contribution in [2.75, 3.05) is 12.5 Å². The monoisotopic (exact) mass is 216 g/mol. The first-order valence-corrected chi connectivity index (χ1v) is 7.10. The van der Waals surface area contributed by atoms with Crippen molar-refractivity contribution in [2.24, 2.45) is 0 Å². The lowest BCUT2D eigenvalue weighted by molar-refractivity contribution is 0.602. The largest absolute Gasteiger partial charge is 0.224 e. The summed E-state index contributed by atoms with van der Waals surface area (Å²) in [6.45, 7) is 0. The molecule has 0 radical (unpaired) electrons. The van der Waals surface area contributed by atoms with Gasteiger partial charge in [0.25, 0.3) is 0 Å². The Hall–Kier alpha value is -0.480. The Morgan fingerprint density at radius 1 is 1.38 bits per heavy atom. The Kier molecular flexibility index (Phi) is 3.39. The van der Waals surface area contributed by atoms with Gasteiger partial charge in [-0.3, -0.25) is 0 Å². The molecule has 0 aromatic heterocycles. The Bertz CT molecular complexity index is 382. The smallest absolute Gasteiger partial charge is 0.175 e. The fourth-order valence-corrected chi connectivity index (χ4v) is 2.24. The molecular formula is C9H12O2S2. The zero-order valence-electron chi connectivity index (χ0n) is 7.65. The standard InChI is InChI=1S/C9H12O2S2/c1-12-7-8-4-3-5-9(6-8)13(2,10)11/h3-6H,7H2,1-2H3. The summed E-state index contributed by atoms with van der Waals surface area (Å²) >= 11 is 1.68. The van der Waals surface area contributed by atoms with Crippen LogP contribution in [0.2, 0.25) is 0 Å². The van der Waals surface area contributed by atoms with Crippen molar-refractivity contribution in [1.82, 2.24) is 0 Å². The maximum Gasteiger partial charge on any atom is 0.175 e. The summed E-state index contributed by atoms with van der Waals surface area (Å²) in [5, 5.41) is 0. The van der Waals surface area contributed by atoms with Gasteiger partial charge in [-0.15, -0.1) is 0 Å². The van der Waals surface area contributed by atoms with Crippen LogP contribution >= 0.6 is 11.8 Å². The van der Waals surface area contributed by atoms with Crippen molar-refractivity contribution in [3.8, 4) is 0 Å². The number of hydrogen-bond acceptors (Lipinski definition) is 3. The molecule has 72 valence electrons. The number of rotatable bonds is 3. The molecular weight excluding hydrogens is 204 g/mol. The van der Waals surface area contributed by atoms with Crippen LogP contribution in [0.25, 0.3) is 0 Å². The third kappa shape index (κ3) is 3.04. The van der Waals surface area contributed by atoms with Crippen molar-refractivity contribution in [3.05, 3.63) is 29.8 Å². The van der Waals surface area contributed by atoms with Crippen LogP contribution < -0.4 is 0 Å². The highest BCUT2D eigenvalue weighted by Gasteiger charge is 2.06. The SMILES string of the molecule is CSCc1cccc(S(C)(=O)=O)c1. The predicted octanol–water partition coefficient (Wildman–Crippen LogP) is 1.95. The van der Waals surface area contributed by atoms with Crippen molar-refractivity contribution in [1.29, 1.82) is 0 Å². The van der Waals surface area contributed by atoms with E-state index >= 15 is 0 Å². The molecule has 0 amide bonds. The highest BCUT2D eigenvalue weighted by molar-refractivity contribution is 7.97. The van der Waals surface area contributed by atoms with Crippen LogP contribution in [0.3, 0.4) is 0 Å². The molecule has 0 N–H and O–H groups in total. The molecule has 0 aliphatic carbocycles. The maximum absolute atomic E-state index is 11.2. The molecule has 0 bridgehead atoms. The quantitative estimate of drug-likeness (QED) is 0.774. The minimum absolute atomic E-state index is 0.402. The van der Waals surface area contributed by atoms with Crippen molar-refractivity contribution < 1.29 is 8.42 Å². The normalized spacial score (nSPS) is 11.5. The molecule has 1 aromatic carbocycles. The van der Waals surface area contributed by atoms with Gasteiger partial charge in [0, 0.05) is 12.0 Å². The van der Waals surface area contributed by atoms with Gasteiger partial charge in [0.15, 0.2) is 9.84 Å². The highest BCUT2D eigenvalue weighted by Crippen LogP contribution is 2.14. The molecule has 0 aliphatic heterocycles. The highest BCUT2D eigenvalue weighted by atomic mass is 32.2. The number of hydrogen-bond donors (Lipinski definition) is 0. The van der Waals surface area contributed by atoms with E-state index in [0.29, 0.717) is 4.90 Å². The molecule has 1 aromatic rings. The van der Waals surface area contributed by atoms with Crippen molar-refractivity contribution >= 4 is 21.6 Å². The fourth-order valence-electron chi connectivity index (χ4n) is 1.03. The zero-order chi connectivity index (χ0) is 9.90. The second-order valence-corrected chi connectivity index (χ2v) is 5.73. The molecule has 0 atom stereocenters. The van der Waals surface area contributed by atoms with Gasteiger partial charge in [-0.2, -0.15) is 11.8 Å². The molecule has 1 rings (SSSR count). The number of thioether (sulfide) groups is 1. The van der Waals surface area contributed by atoms with Gasteiger partial charge in [0.2, 0.25) is 0 Å². The van der Waals surface area contributed by atoms with Crippen LogP contribution in [0.1, 0.15) is 5.56 Å².